The lowest BCUT2D eigenvalue weighted by atomic mass is 10.1. The van der Waals surface area contributed by atoms with Crippen LogP contribution in [0.2, 0.25) is 0 Å². The maximum Gasteiger partial charge on any atom is 0.244 e. The van der Waals surface area contributed by atoms with Gasteiger partial charge in [-0.3, -0.25) is 13.9 Å². The molecule has 1 atom stereocenters. The minimum atomic E-state index is -3.77. The molecule has 8 nitrogen and oxygen atoms in total. The van der Waals surface area contributed by atoms with Crippen molar-refractivity contribution in [3.63, 3.8) is 0 Å². The molecule has 0 spiro atoms. The van der Waals surface area contributed by atoms with E-state index in [4.69, 9.17) is 4.74 Å². The summed E-state index contributed by atoms with van der Waals surface area (Å²) in [6.45, 7) is 7.75. The van der Waals surface area contributed by atoms with E-state index in [2.05, 4.69) is 5.32 Å². The quantitative estimate of drug-likeness (QED) is 0.479. The Bertz CT molecular complexity index is 1110. The summed E-state index contributed by atoms with van der Waals surface area (Å²) in [6.07, 6.45) is 2.23. The van der Waals surface area contributed by atoms with Crippen LogP contribution < -0.4 is 14.4 Å². The predicted molar refractivity (Wildman–Crippen MR) is 139 cm³/mol. The molecule has 0 radical (unpaired) electrons. The van der Waals surface area contributed by atoms with Crippen LogP contribution in [0.1, 0.15) is 43.4 Å². The fourth-order valence-electron chi connectivity index (χ4n) is 3.96. The molecular weight excluding hydrogens is 466 g/mol. The van der Waals surface area contributed by atoms with E-state index in [1.165, 1.54) is 4.90 Å². The van der Waals surface area contributed by atoms with Crippen LogP contribution in [0.5, 0.6) is 5.75 Å². The van der Waals surface area contributed by atoms with Crippen molar-refractivity contribution in [3.8, 4) is 5.75 Å². The number of hydrogen-bond acceptors (Lipinski definition) is 5. The number of aryl methyl sites for hydroxylation is 2. The third-order valence-corrected chi connectivity index (χ3v) is 6.74. The summed E-state index contributed by atoms with van der Waals surface area (Å²) >= 11 is 0. The van der Waals surface area contributed by atoms with E-state index >= 15 is 0 Å². The molecular formula is C26H37N3O5S. The molecule has 0 bridgehead atoms. The summed E-state index contributed by atoms with van der Waals surface area (Å²) in [6, 6.07) is 11.9. The van der Waals surface area contributed by atoms with Crippen LogP contribution in [-0.2, 0) is 26.2 Å². The van der Waals surface area contributed by atoms with Gasteiger partial charge in [-0.15, -0.1) is 0 Å². The minimum absolute atomic E-state index is 0.137. The number of amides is 2. The number of anilines is 1. The standard InChI is InChI=1S/C26H37N3O5S/c1-7-12-27-26(31)24(8-2)28(17-21-10-9-11-23(16-21)34-5)25(30)18-29(35(6,32)33)22-14-19(3)13-20(4)15-22/h9-11,13-16,24H,7-8,12,17-18H2,1-6H3,(H,27,31)/t24-/m0/s1. The number of nitrogens with one attached hydrogen (secondary N) is 1. The van der Waals surface area contributed by atoms with Gasteiger partial charge in [-0.2, -0.15) is 0 Å². The smallest absolute Gasteiger partial charge is 0.244 e. The SMILES string of the molecule is CCCNC(=O)[C@H](CC)N(Cc1cccc(OC)c1)C(=O)CN(c1cc(C)cc(C)c1)S(C)(=O)=O. The fraction of sp³-hybridized carbons (Fsp3) is 0.462. The Balaban J connectivity index is 2.47. The highest BCUT2D eigenvalue weighted by Gasteiger charge is 2.31. The van der Waals surface area contributed by atoms with Gasteiger partial charge in [-0.05, 0) is 67.6 Å². The lowest BCUT2D eigenvalue weighted by molar-refractivity contribution is -0.140. The summed E-state index contributed by atoms with van der Waals surface area (Å²) in [5, 5.41) is 2.87. The Labute approximate surface area is 209 Å². The van der Waals surface area contributed by atoms with Crippen molar-refractivity contribution in [2.24, 2.45) is 0 Å². The molecule has 1 N–H and O–H groups in total. The number of methoxy groups -OCH3 is 1. The van der Waals surface area contributed by atoms with Crippen molar-refractivity contribution in [2.75, 3.05) is 30.8 Å². The first kappa shape index (κ1) is 28.2. The Kier molecular flexibility index (Phi) is 10.1. The molecule has 2 aromatic carbocycles. The van der Waals surface area contributed by atoms with Crippen LogP contribution in [-0.4, -0.2) is 57.6 Å². The van der Waals surface area contributed by atoms with Gasteiger partial charge in [0, 0.05) is 13.1 Å². The third kappa shape index (κ3) is 7.99. The maximum absolute atomic E-state index is 13.7. The number of carbonyl (C=O) groups is 2. The van der Waals surface area contributed by atoms with Crippen LogP contribution in [0.3, 0.4) is 0 Å². The van der Waals surface area contributed by atoms with Crippen LogP contribution >= 0.6 is 0 Å². The van der Waals surface area contributed by atoms with Gasteiger partial charge in [-0.1, -0.05) is 32.0 Å². The largest absolute Gasteiger partial charge is 0.497 e. The van der Waals surface area contributed by atoms with Crippen molar-refractivity contribution >= 4 is 27.5 Å². The second-order valence-corrected chi connectivity index (χ2v) is 10.6. The molecule has 0 saturated heterocycles. The highest BCUT2D eigenvalue weighted by atomic mass is 32.2. The highest BCUT2D eigenvalue weighted by molar-refractivity contribution is 7.92. The van der Waals surface area contributed by atoms with Crippen molar-refractivity contribution < 1.29 is 22.7 Å². The van der Waals surface area contributed by atoms with E-state index < -0.39 is 28.5 Å². The number of benzene rings is 2. The maximum atomic E-state index is 13.7. The first-order valence-electron chi connectivity index (χ1n) is 11.8. The van der Waals surface area contributed by atoms with Gasteiger partial charge in [0.25, 0.3) is 0 Å². The molecule has 35 heavy (non-hydrogen) atoms. The van der Waals surface area contributed by atoms with Gasteiger partial charge in [0.05, 0.1) is 19.1 Å². The first-order valence-corrected chi connectivity index (χ1v) is 13.6. The monoisotopic (exact) mass is 503 g/mol. The topological polar surface area (TPSA) is 96.0 Å². The van der Waals surface area contributed by atoms with Crippen molar-refractivity contribution in [2.45, 2.75) is 53.1 Å². The van der Waals surface area contributed by atoms with E-state index in [1.54, 1.807) is 31.4 Å². The molecule has 192 valence electrons. The summed E-state index contributed by atoms with van der Waals surface area (Å²) in [7, 11) is -2.21. The fourth-order valence-corrected chi connectivity index (χ4v) is 4.79. The molecule has 0 saturated carbocycles. The van der Waals surface area contributed by atoms with E-state index in [0.29, 0.717) is 24.4 Å². The van der Waals surface area contributed by atoms with Gasteiger partial charge in [0.2, 0.25) is 21.8 Å². The summed E-state index contributed by atoms with van der Waals surface area (Å²) in [5.74, 6) is -0.0924. The van der Waals surface area contributed by atoms with Gasteiger partial charge in [0.15, 0.2) is 0 Å². The summed E-state index contributed by atoms with van der Waals surface area (Å²) in [4.78, 5) is 28.1. The molecule has 0 aromatic heterocycles. The lowest BCUT2D eigenvalue weighted by Gasteiger charge is -2.33. The van der Waals surface area contributed by atoms with E-state index in [0.717, 1.165) is 33.7 Å². The number of sulfonamides is 1. The first-order chi connectivity index (χ1) is 16.5. The van der Waals surface area contributed by atoms with Crippen molar-refractivity contribution in [1.29, 1.82) is 0 Å². The predicted octanol–water partition coefficient (Wildman–Crippen LogP) is 3.41. The molecule has 0 unspecified atom stereocenters. The summed E-state index contributed by atoms with van der Waals surface area (Å²) < 4.78 is 31.9. The lowest BCUT2D eigenvalue weighted by Crippen LogP contribution is -2.52. The van der Waals surface area contributed by atoms with E-state index in [9.17, 15) is 18.0 Å². The van der Waals surface area contributed by atoms with Crippen molar-refractivity contribution in [1.82, 2.24) is 10.2 Å². The molecule has 2 rings (SSSR count). The van der Waals surface area contributed by atoms with E-state index in [-0.39, 0.29) is 12.5 Å². The zero-order valence-electron chi connectivity index (χ0n) is 21.5. The molecule has 0 aliphatic carbocycles. The normalized spacial score (nSPS) is 12.1. The summed E-state index contributed by atoms with van der Waals surface area (Å²) in [5.41, 5.74) is 2.97. The van der Waals surface area contributed by atoms with Crippen LogP contribution in [0.25, 0.3) is 0 Å². The van der Waals surface area contributed by atoms with E-state index in [1.807, 2.05) is 45.9 Å². The Morgan fingerprint density at radius 1 is 1.06 bits per heavy atom. The Hall–Kier alpha value is -3.07. The van der Waals surface area contributed by atoms with Gasteiger partial charge in [-0.25, -0.2) is 8.42 Å². The van der Waals surface area contributed by atoms with Crippen molar-refractivity contribution in [3.05, 3.63) is 59.2 Å². The van der Waals surface area contributed by atoms with Crippen LogP contribution in [0, 0.1) is 13.8 Å². The molecule has 0 fully saturated rings. The molecule has 9 heteroatoms. The Morgan fingerprint density at radius 2 is 1.71 bits per heavy atom. The number of rotatable bonds is 12. The average molecular weight is 504 g/mol. The number of nitrogens with zero attached hydrogens (tertiary/aromatic N) is 2. The highest BCUT2D eigenvalue weighted by Crippen LogP contribution is 2.23. The average Bonchev–Trinajstić information content (AvgIpc) is 2.79. The number of ether oxygens (including phenoxy) is 1. The van der Waals surface area contributed by atoms with Gasteiger partial charge < -0.3 is 15.0 Å². The van der Waals surface area contributed by atoms with Gasteiger partial charge >= 0.3 is 0 Å². The zero-order valence-corrected chi connectivity index (χ0v) is 22.3. The number of hydrogen-bond donors (Lipinski definition) is 1. The number of carbonyl (C=O) groups excluding carboxylic acids is 2. The molecule has 2 amide bonds. The molecule has 0 aliphatic rings. The minimum Gasteiger partial charge on any atom is -0.497 e. The van der Waals surface area contributed by atoms with Crippen LogP contribution in [0.15, 0.2) is 42.5 Å². The third-order valence-electron chi connectivity index (χ3n) is 5.60. The van der Waals surface area contributed by atoms with Gasteiger partial charge in [0.1, 0.15) is 18.3 Å². The molecule has 0 heterocycles. The van der Waals surface area contributed by atoms with Crippen LogP contribution in [0.4, 0.5) is 5.69 Å². The Morgan fingerprint density at radius 3 is 2.26 bits per heavy atom. The zero-order chi connectivity index (χ0) is 26.2. The molecule has 0 aliphatic heterocycles. The molecule has 2 aromatic rings. The second-order valence-electron chi connectivity index (χ2n) is 8.70. The second kappa shape index (κ2) is 12.6.